The summed E-state index contributed by atoms with van der Waals surface area (Å²) in [5.74, 6) is 0.436. The molecule has 3 aromatic heterocycles. The molecule has 0 radical (unpaired) electrons. The lowest BCUT2D eigenvalue weighted by Gasteiger charge is -2.06. The number of para-hydroxylation sites is 1. The summed E-state index contributed by atoms with van der Waals surface area (Å²) in [7, 11) is 0. The molecule has 0 aliphatic carbocycles. The number of aliphatic hydroxyl groups excluding tert-OH is 1. The van der Waals surface area contributed by atoms with E-state index < -0.39 is 12.0 Å². The molecule has 4 rings (SSSR count). The van der Waals surface area contributed by atoms with Gasteiger partial charge in [-0.3, -0.25) is 4.79 Å². The molecule has 0 aliphatic rings. The fraction of sp³-hybridized carbons (Fsp3) is 0.118. The third kappa shape index (κ3) is 2.40. The smallest absolute Gasteiger partial charge is 0.254 e. The van der Waals surface area contributed by atoms with Crippen molar-refractivity contribution in [1.82, 2.24) is 14.6 Å². The normalized spacial score (nSPS) is 12.6. The van der Waals surface area contributed by atoms with Gasteiger partial charge >= 0.3 is 0 Å². The van der Waals surface area contributed by atoms with E-state index in [1.54, 1.807) is 22.8 Å². The van der Waals surface area contributed by atoms with E-state index in [4.69, 9.17) is 4.42 Å². The molecule has 0 bridgehead atoms. The molecule has 3 heterocycles. The highest BCUT2D eigenvalue weighted by Crippen LogP contribution is 2.28. The van der Waals surface area contributed by atoms with Crippen LogP contribution in [0.25, 0.3) is 28.1 Å². The van der Waals surface area contributed by atoms with Crippen molar-refractivity contribution in [2.45, 2.75) is 13.0 Å². The van der Waals surface area contributed by atoms with Crippen molar-refractivity contribution in [3.05, 3.63) is 48.7 Å². The minimum atomic E-state index is -1.11. The standard InChI is InChI=1S/C17H14N4O3/c1-10(22)17(23)19-15-6-7-16-18-9-12(21(16)20-15)14-8-11-4-2-3-5-13(11)24-14/h2-10,22H,1H3,(H,19,20,23)/t10-/m1/s1. The summed E-state index contributed by atoms with van der Waals surface area (Å²) in [6.45, 7) is 1.39. The van der Waals surface area contributed by atoms with Crippen molar-refractivity contribution in [3.63, 3.8) is 0 Å². The van der Waals surface area contributed by atoms with Crippen molar-refractivity contribution < 1.29 is 14.3 Å². The van der Waals surface area contributed by atoms with Gasteiger partial charge in [-0.2, -0.15) is 0 Å². The summed E-state index contributed by atoms with van der Waals surface area (Å²) in [5.41, 5.74) is 2.08. The number of aliphatic hydroxyl groups is 1. The minimum Gasteiger partial charge on any atom is -0.454 e. The topological polar surface area (TPSA) is 92.7 Å². The number of aromatic nitrogens is 3. The summed E-state index contributed by atoms with van der Waals surface area (Å²) in [6.07, 6.45) is 0.556. The van der Waals surface area contributed by atoms with Crippen molar-refractivity contribution in [2.24, 2.45) is 0 Å². The van der Waals surface area contributed by atoms with Gasteiger partial charge in [-0.05, 0) is 31.2 Å². The van der Waals surface area contributed by atoms with E-state index in [0.29, 0.717) is 22.9 Å². The molecule has 0 aliphatic heterocycles. The van der Waals surface area contributed by atoms with Gasteiger partial charge in [-0.15, -0.1) is 5.10 Å². The lowest BCUT2D eigenvalue weighted by molar-refractivity contribution is -0.123. The number of nitrogens with zero attached hydrogens (tertiary/aromatic N) is 3. The van der Waals surface area contributed by atoms with Crippen LogP contribution >= 0.6 is 0 Å². The van der Waals surface area contributed by atoms with E-state index in [2.05, 4.69) is 15.4 Å². The molecule has 7 nitrogen and oxygen atoms in total. The molecule has 0 unspecified atom stereocenters. The van der Waals surface area contributed by atoms with Crippen molar-refractivity contribution in [3.8, 4) is 11.5 Å². The lowest BCUT2D eigenvalue weighted by Crippen LogP contribution is -2.25. The largest absolute Gasteiger partial charge is 0.454 e. The molecule has 0 saturated carbocycles. The van der Waals surface area contributed by atoms with Gasteiger partial charge in [0, 0.05) is 5.39 Å². The zero-order chi connectivity index (χ0) is 16.7. The number of anilines is 1. The second-order valence-electron chi connectivity index (χ2n) is 5.45. The number of imidazole rings is 1. The number of rotatable bonds is 3. The van der Waals surface area contributed by atoms with Crippen LogP contribution in [0, 0.1) is 0 Å². The van der Waals surface area contributed by atoms with Crippen LogP contribution in [0.1, 0.15) is 6.92 Å². The second-order valence-corrected chi connectivity index (χ2v) is 5.45. The maximum Gasteiger partial charge on any atom is 0.254 e. The van der Waals surface area contributed by atoms with Gasteiger partial charge in [0.2, 0.25) is 0 Å². The highest BCUT2D eigenvalue weighted by atomic mass is 16.3. The summed E-state index contributed by atoms with van der Waals surface area (Å²) in [5, 5.41) is 17.2. The van der Waals surface area contributed by atoms with E-state index in [1.165, 1.54) is 6.92 Å². The van der Waals surface area contributed by atoms with Crippen LogP contribution in [-0.4, -0.2) is 31.7 Å². The molecule has 7 heteroatoms. The second kappa shape index (κ2) is 5.47. The molecule has 0 fully saturated rings. The molecule has 1 amide bonds. The Balaban J connectivity index is 1.79. The fourth-order valence-electron chi connectivity index (χ4n) is 2.45. The summed E-state index contributed by atoms with van der Waals surface area (Å²) >= 11 is 0. The number of nitrogens with one attached hydrogen (secondary N) is 1. The third-order valence-corrected chi connectivity index (χ3v) is 3.67. The Kier molecular flexibility index (Phi) is 3.28. The molecule has 2 N–H and O–H groups in total. The molecule has 1 aromatic carbocycles. The molecule has 120 valence electrons. The SMILES string of the molecule is C[C@@H](O)C(=O)Nc1ccc2ncc(-c3cc4ccccc4o3)n2n1. The number of amides is 1. The van der Waals surface area contributed by atoms with Crippen molar-refractivity contribution >= 4 is 28.3 Å². The Bertz CT molecular complexity index is 1020. The van der Waals surface area contributed by atoms with Gasteiger partial charge in [-0.25, -0.2) is 9.50 Å². The predicted octanol–water partition coefficient (Wildman–Crippen LogP) is 2.46. The number of hydrogen-bond donors (Lipinski definition) is 2. The average molecular weight is 322 g/mol. The van der Waals surface area contributed by atoms with E-state index in [1.807, 2.05) is 30.3 Å². The number of fused-ring (bicyclic) bond motifs is 2. The molecular formula is C17H14N4O3. The molecular weight excluding hydrogens is 308 g/mol. The van der Waals surface area contributed by atoms with Crippen LogP contribution in [0.3, 0.4) is 0 Å². The number of hydrogen-bond acceptors (Lipinski definition) is 5. The highest BCUT2D eigenvalue weighted by Gasteiger charge is 2.14. The van der Waals surface area contributed by atoms with Crippen molar-refractivity contribution in [2.75, 3.05) is 5.32 Å². The van der Waals surface area contributed by atoms with E-state index in [0.717, 1.165) is 11.0 Å². The number of carbonyl (C=O) groups excluding carboxylic acids is 1. The molecule has 0 spiro atoms. The maximum atomic E-state index is 11.6. The third-order valence-electron chi connectivity index (χ3n) is 3.67. The number of carbonyl (C=O) groups is 1. The summed E-state index contributed by atoms with van der Waals surface area (Å²) < 4.78 is 7.44. The zero-order valence-corrected chi connectivity index (χ0v) is 12.8. The van der Waals surface area contributed by atoms with E-state index >= 15 is 0 Å². The van der Waals surface area contributed by atoms with Gasteiger partial charge in [0.25, 0.3) is 5.91 Å². The van der Waals surface area contributed by atoms with Crippen LogP contribution in [0.2, 0.25) is 0 Å². The summed E-state index contributed by atoms with van der Waals surface area (Å²) in [4.78, 5) is 15.9. The average Bonchev–Trinajstić information content (AvgIpc) is 3.17. The Hall–Kier alpha value is -3.19. The minimum absolute atomic E-state index is 0.323. The first-order valence-electron chi connectivity index (χ1n) is 7.44. The van der Waals surface area contributed by atoms with Crippen LogP contribution < -0.4 is 5.32 Å². The predicted molar refractivity (Wildman–Crippen MR) is 88.5 cm³/mol. The van der Waals surface area contributed by atoms with Gasteiger partial charge in [-0.1, -0.05) is 18.2 Å². The lowest BCUT2D eigenvalue weighted by atomic mass is 10.2. The van der Waals surface area contributed by atoms with Gasteiger partial charge in [0.1, 0.15) is 17.4 Å². The monoisotopic (exact) mass is 322 g/mol. The molecule has 1 atom stereocenters. The van der Waals surface area contributed by atoms with Gasteiger partial charge in [0.15, 0.2) is 17.2 Å². The van der Waals surface area contributed by atoms with Crippen molar-refractivity contribution in [1.29, 1.82) is 0 Å². The van der Waals surface area contributed by atoms with E-state index in [-0.39, 0.29) is 0 Å². The Morgan fingerprint density at radius 2 is 2.12 bits per heavy atom. The zero-order valence-electron chi connectivity index (χ0n) is 12.8. The quantitative estimate of drug-likeness (QED) is 0.604. The highest BCUT2D eigenvalue weighted by molar-refractivity contribution is 5.92. The Morgan fingerprint density at radius 3 is 2.92 bits per heavy atom. The van der Waals surface area contributed by atoms with Gasteiger partial charge < -0.3 is 14.8 Å². The van der Waals surface area contributed by atoms with Crippen LogP contribution in [-0.2, 0) is 4.79 Å². The van der Waals surface area contributed by atoms with Crippen LogP contribution in [0.5, 0.6) is 0 Å². The van der Waals surface area contributed by atoms with Crippen LogP contribution in [0.15, 0.2) is 53.1 Å². The van der Waals surface area contributed by atoms with Gasteiger partial charge in [0.05, 0.1) is 6.20 Å². The molecule has 0 saturated heterocycles. The first-order chi connectivity index (χ1) is 11.6. The molecule has 24 heavy (non-hydrogen) atoms. The van der Waals surface area contributed by atoms with Crippen LogP contribution in [0.4, 0.5) is 5.82 Å². The first-order valence-corrected chi connectivity index (χ1v) is 7.44. The number of benzene rings is 1. The maximum absolute atomic E-state index is 11.6. The fourth-order valence-corrected chi connectivity index (χ4v) is 2.45. The first kappa shape index (κ1) is 14.4. The Labute approximate surface area is 136 Å². The molecule has 4 aromatic rings. The van der Waals surface area contributed by atoms with E-state index in [9.17, 15) is 9.90 Å². The Morgan fingerprint density at radius 1 is 1.29 bits per heavy atom. The number of furan rings is 1. The summed E-state index contributed by atoms with van der Waals surface area (Å²) in [6, 6.07) is 13.0.